The molecule has 0 unspecified atom stereocenters. The summed E-state index contributed by atoms with van der Waals surface area (Å²) in [6.07, 6.45) is 5.54. The van der Waals surface area contributed by atoms with Gasteiger partial charge in [0.05, 0.1) is 11.4 Å². The molecule has 1 aliphatic heterocycles. The molecule has 0 saturated carbocycles. The Morgan fingerprint density at radius 1 is 0.917 bits per heavy atom. The lowest BCUT2D eigenvalue weighted by molar-refractivity contribution is 0.0700. The van der Waals surface area contributed by atoms with E-state index in [1.807, 2.05) is 54.6 Å². The average molecular weight is 479 g/mol. The zero-order chi connectivity index (χ0) is 24.9. The van der Waals surface area contributed by atoms with Gasteiger partial charge in [0.25, 0.3) is 16.1 Å². The first kappa shape index (κ1) is 24.4. The lowest BCUT2D eigenvalue weighted by Gasteiger charge is -2.37. The molecule has 2 aromatic carbocycles. The zero-order valence-electron chi connectivity index (χ0n) is 20.0. The van der Waals surface area contributed by atoms with Crippen molar-refractivity contribution in [3.05, 3.63) is 67.1 Å². The minimum Gasteiger partial charge on any atom is -0.457 e. The molecule has 1 saturated heterocycles. The van der Waals surface area contributed by atoms with Crippen LogP contribution >= 0.6 is 0 Å². The van der Waals surface area contributed by atoms with E-state index in [9.17, 15) is 0 Å². The van der Waals surface area contributed by atoms with Gasteiger partial charge in [-0.3, -0.25) is 4.90 Å². The van der Waals surface area contributed by atoms with Crippen molar-refractivity contribution in [3.63, 3.8) is 0 Å². The number of aromatic nitrogens is 3. The van der Waals surface area contributed by atoms with Crippen LogP contribution in [-0.2, 0) is 9.31 Å². The second-order valence-corrected chi connectivity index (χ2v) is 8.93. The number of ether oxygens (including phenoxy) is 1. The third-order valence-corrected chi connectivity index (χ3v) is 6.77. The van der Waals surface area contributed by atoms with E-state index >= 15 is 0 Å². The van der Waals surface area contributed by atoms with Crippen LogP contribution in [0.25, 0.3) is 22.2 Å². The smallest absolute Gasteiger partial charge is 0.282 e. The maximum Gasteiger partial charge on any atom is 0.282 e. The van der Waals surface area contributed by atoms with Gasteiger partial charge in [0.2, 0.25) is 0 Å². The largest absolute Gasteiger partial charge is 0.457 e. The Hall–Kier alpha value is -3.33. The number of hydrogen-bond acceptors (Lipinski definition) is 7. The van der Waals surface area contributed by atoms with Gasteiger partial charge in [0.15, 0.2) is 0 Å². The highest BCUT2D eigenvalue weighted by atomic mass is 16.5. The molecule has 2 N–H and O–H groups in total. The summed E-state index contributed by atoms with van der Waals surface area (Å²) in [6.45, 7) is 2.46. The Kier molecular flexibility index (Phi) is 7.55. The minimum atomic E-state index is 0.0208. The lowest BCUT2D eigenvalue weighted by atomic mass is 10.0. The molecule has 0 atom stereocenters. The van der Waals surface area contributed by atoms with E-state index in [0.29, 0.717) is 19.0 Å². The molecule has 0 bridgehead atoms. The van der Waals surface area contributed by atoms with E-state index < -0.39 is 0 Å². The van der Waals surface area contributed by atoms with E-state index in [0.717, 1.165) is 59.6 Å². The maximum absolute atomic E-state index is 6.35. The van der Waals surface area contributed by atoms with Crippen LogP contribution in [0.2, 0.25) is 0 Å². The molecule has 2 aromatic heterocycles. The Morgan fingerprint density at radius 2 is 1.58 bits per heavy atom. The fourth-order valence-electron chi connectivity index (χ4n) is 4.94. The van der Waals surface area contributed by atoms with E-state index in [1.165, 1.54) is 6.33 Å². The topological polar surface area (TPSA) is 87.7 Å². The summed E-state index contributed by atoms with van der Waals surface area (Å²) in [7, 11) is 10.6. The standard InChI is InChI=1S/C26H27B2N5O3/c27-34-15-20(16-35-28)32-12-10-19(11-13-32)33-14-23(24-25(29)30-17-31-26(24)33)18-6-8-22(9-7-18)36-21-4-2-1-3-5-21/h1-9,14,17,19-20H,10-13,15-16H2,(H2,29,30,31). The fourth-order valence-corrected chi connectivity index (χ4v) is 4.94. The van der Waals surface area contributed by atoms with Crippen LogP contribution in [0.4, 0.5) is 5.82 Å². The Balaban J connectivity index is 1.39. The van der Waals surface area contributed by atoms with E-state index in [1.54, 1.807) is 0 Å². The van der Waals surface area contributed by atoms with Gasteiger partial charge in [-0.05, 0) is 42.7 Å². The molecular weight excluding hydrogens is 452 g/mol. The number of nitrogen functional groups attached to an aromatic ring is 1. The van der Waals surface area contributed by atoms with Crippen LogP contribution in [0.3, 0.4) is 0 Å². The van der Waals surface area contributed by atoms with Gasteiger partial charge in [-0.1, -0.05) is 30.3 Å². The molecule has 4 radical (unpaired) electrons. The van der Waals surface area contributed by atoms with E-state index in [4.69, 9.17) is 35.9 Å². The summed E-state index contributed by atoms with van der Waals surface area (Å²) in [5.74, 6) is 2.03. The SMILES string of the molecule is [B]OCC(CO[B])N1CCC(n2cc(-c3ccc(Oc4ccccc4)cc3)c3c(N)ncnc32)CC1. The van der Waals surface area contributed by atoms with Crippen molar-refractivity contribution < 1.29 is 14.0 Å². The number of nitrogens with two attached hydrogens (primary N) is 1. The predicted molar refractivity (Wildman–Crippen MR) is 141 cm³/mol. The van der Waals surface area contributed by atoms with Crippen LogP contribution in [0, 0.1) is 0 Å². The van der Waals surface area contributed by atoms with Gasteiger partial charge in [0.1, 0.15) is 29.3 Å². The second-order valence-electron chi connectivity index (χ2n) is 8.93. The number of rotatable bonds is 9. The molecule has 4 aromatic rings. The molecule has 0 aliphatic carbocycles. The van der Waals surface area contributed by atoms with Crippen molar-refractivity contribution in [1.82, 2.24) is 19.4 Å². The van der Waals surface area contributed by atoms with Crippen molar-refractivity contribution in [1.29, 1.82) is 0 Å². The van der Waals surface area contributed by atoms with Crippen LogP contribution in [-0.4, -0.2) is 67.9 Å². The number of anilines is 1. The molecular formula is C26H27B2N5O3. The summed E-state index contributed by atoms with van der Waals surface area (Å²) >= 11 is 0. The van der Waals surface area contributed by atoms with Gasteiger partial charge in [-0.2, -0.15) is 0 Å². The second kappa shape index (κ2) is 11.2. The zero-order valence-corrected chi connectivity index (χ0v) is 20.0. The lowest BCUT2D eigenvalue weighted by Crippen LogP contribution is -2.46. The monoisotopic (exact) mass is 479 g/mol. The minimum absolute atomic E-state index is 0.0208. The number of likely N-dealkylation sites (tertiary alicyclic amines) is 1. The number of para-hydroxylation sites is 1. The summed E-state index contributed by atoms with van der Waals surface area (Å²) in [4.78, 5) is 11.2. The highest BCUT2D eigenvalue weighted by molar-refractivity contribution is 6.00. The summed E-state index contributed by atoms with van der Waals surface area (Å²) < 4.78 is 17.9. The van der Waals surface area contributed by atoms with Crippen LogP contribution in [0.5, 0.6) is 11.5 Å². The Bertz CT molecular complexity index is 1270. The molecule has 10 heteroatoms. The molecule has 0 spiro atoms. The first-order valence-electron chi connectivity index (χ1n) is 12.0. The summed E-state index contributed by atoms with van der Waals surface area (Å²) in [6, 6.07) is 18.0. The van der Waals surface area contributed by atoms with Crippen molar-refractivity contribution in [2.45, 2.75) is 24.9 Å². The van der Waals surface area contributed by atoms with Crippen LogP contribution < -0.4 is 10.5 Å². The molecule has 0 amide bonds. The van der Waals surface area contributed by atoms with Gasteiger partial charge in [0, 0.05) is 44.1 Å². The number of piperidine rings is 1. The van der Waals surface area contributed by atoms with Crippen LogP contribution in [0.15, 0.2) is 67.1 Å². The van der Waals surface area contributed by atoms with Crippen molar-refractivity contribution in [3.8, 4) is 22.6 Å². The highest BCUT2D eigenvalue weighted by Crippen LogP contribution is 2.37. The molecule has 1 aliphatic rings. The first-order chi connectivity index (χ1) is 17.7. The van der Waals surface area contributed by atoms with Gasteiger partial charge >= 0.3 is 0 Å². The van der Waals surface area contributed by atoms with Gasteiger partial charge in [-0.15, -0.1) is 0 Å². The summed E-state index contributed by atoms with van der Waals surface area (Å²) in [5, 5.41) is 0.864. The summed E-state index contributed by atoms with van der Waals surface area (Å²) in [5.41, 5.74) is 9.22. The Morgan fingerprint density at radius 3 is 2.25 bits per heavy atom. The molecule has 1 fully saturated rings. The first-order valence-corrected chi connectivity index (χ1v) is 12.0. The molecule has 5 rings (SSSR count). The molecule has 180 valence electrons. The molecule has 8 nitrogen and oxygen atoms in total. The highest BCUT2D eigenvalue weighted by Gasteiger charge is 2.28. The third kappa shape index (κ3) is 5.11. The quantitative estimate of drug-likeness (QED) is 0.367. The third-order valence-electron chi connectivity index (χ3n) is 6.77. The number of benzene rings is 2. The van der Waals surface area contributed by atoms with Gasteiger partial charge < -0.3 is 24.3 Å². The molecule has 36 heavy (non-hydrogen) atoms. The van der Waals surface area contributed by atoms with E-state index in [2.05, 4.69) is 25.6 Å². The van der Waals surface area contributed by atoms with Crippen LogP contribution in [0.1, 0.15) is 18.9 Å². The number of hydrogen-bond donors (Lipinski definition) is 1. The van der Waals surface area contributed by atoms with E-state index in [-0.39, 0.29) is 12.1 Å². The van der Waals surface area contributed by atoms with Gasteiger partial charge in [-0.25, -0.2) is 9.97 Å². The predicted octanol–water partition coefficient (Wildman–Crippen LogP) is 3.68. The van der Waals surface area contributed by atoms with Crippen molar-refractivity contribution >= 4 is 32.9 Å². The number of nitrogens with zero attached hydrogens (tertiary/aromatic N) is 4. The normalized spacial score (nSPS) is 15.0. The van der Waals surface area contributed by atoms with Crippen molar-refractivity contribution in [2.75, 3.05) is 32.0 Å². The average Bonchev–Trinajstić information content (AvgIpc) is 3.31. The Labute approximate surface area is 213 Å². The fraction of sp³-hybridized carbons (Fsp3) is 0.308. The molecule has 3 heterocycles. The maximum atomic E-state index is 6.35. The number of fused-ring (bicyclic) bond motifs is 1. The van der Waals surface area contributed by atoms with Crippen molar-refractivity contribution in [2.24, 2.45) is 0 Å².